The van der Waals surface area contributed by atoms with Gasteiger partial charge in [0.15, 0.2) is 0 Å². The van der Waals surface area contributed by atoms with Crippen molar-refractivity contribution in [3.63, 3.8) is 0 Å². The number of hydrogen-bond acceptors (Lipinski definition) is 5. The number of carbonyl (C=O) groups excluding carboxylic acids is 1. The van der Waals surface area contributed by atoms with E-state index < -0.39 is 6.10 Å². The molecule has 0 spiro atoms. The van der Waals surface area contributed by atoms with Crippen molar-refractivity contribution >= 4 is 11.9 Å². The van der Waals surface area contributed by atoms with Crippen LogP contribution in [0.2, 0.25) is 0 Å². The van der Waals surface area contributed by atoms with Crippen LogP contribution in [-0.2, 0) is 14.3 Å². The maximum atomic E-state index is 12.6. The minimum atomic E-state index is -0.445. The van der Waals surface area contributed by atoms with Gasteiger partial charge in [-0.3, -0.25) is 10.1 Å². The zero-order valence-electron chi connectivity index (χ0n) is 14.1. The van der Waals surface area contributed by atoms with Crippen molar-refractivity contribution in [2.75, 3.05) is 25.1 Å². The van der Waals surface area contributed by atoms with Crippen molar-refractivity contribution in [2.24, 2.45) is 11.8 Å². The monoisotopic (exact) mass is 339 g/mol. The summed E-state index contributed by atoms with van der Waals surface area (Å²) >= 11 is 0. The van der Waals surface area contributed by atoms with Crippen molar-refractivity contribution in [1.82, 2.24) is 9.97 Å². The van der Waals surface area contributed by atoms with Gasteiger partial charge in [0.2, 0.25) is 5.95 Å². The van der Waals surface area contributed by atoms with E-state index in [-0.39, 0.29) is 11.8 Å². The smallest absolute Gasteiger partial charge is 0.256 e. The fourth-order valence-electron chi connectivity index (χ4n) is 3.58. The zero-order chi connectivity index (χ0) is 17.2. The number of fused-ring (bicyclic) bond motifs is 1. The molecule has 0 radical (unpaired) electrons. The Kier molecular flexibility index (Phi) is 4.46. The van der Waals surface area contributed by atoms with Crippen molar-refractivity contribution < 1.29 is 14.3 Å². The summed E-state index contributed by atoms with van der Waals surface area (Å²) in [6.07, 6.45) is 2.14. The minimum Gasteiger partial charge on any atom is -0.381 e. The number of aryl methyl sites for hydroxylation is 1. The molecule has 1 N–H and O–H groups in total. The molecule has 0 unspecified atom stereocenters. The van der Waals surface area contributed by atoms with Gasteiger partial charge in [-0.15, -0.1) is 0 Å². The lowest BCUT2D eigenvalue weighted by atomic mass is 9.87. The van der Waals surface area contributed by atoms with Crippen LogP contribution in [0.3, 0.4) is 0 Å². The first-order valence-electron chi connectivity index (χ1n) is 8.61. The topological polar surface area (TPSA) is 73.3 Å². The van der Waals surface area contributed by atoms with Gasteiger partial charge >= 0.3 is 0 Å². The highest BCUT2D eigenvalue weighted by Gasteiger charge is 2.43. The number of carbonyl (C=O) groups is 1. The summed E-state index contributed by atoms with van der Waals surface area (Å²) in [7, 11) is 0. The van der Waals surface area contributed by atoms with Crippen molar-refractivity contribution in [3.05, 3.63) is 42.1 Å². The Hall–Kier alpha value is -2.31. The Bertz CT molecular complexity index is 766. The third-order valence-corrected chi connectivity index (χ3v) is 4.92. The van der Waals surface area contributed by atoms with Crippen LogP contribution in [0.5, 0.6) is 0 Å². The quantitative estimate of drug-likeness (QED) is 0.930. The second kappa shape index (κ2) is 6.90. The Labute approximate surface area is 146 Å². The number of ether oxygens (including phenoxy) is 2. The molecule has 0 saturated carbocycles. The number of aromatic nitrogens is 2. The lowest BCUT2D eigenvalue weighted by Crippen LogP contribution is -2.37. The molecule has 2 saturated heterocycles. The van der Waals surface area contributed by atoms with E-state index in [9.17, 15) is 4.79 Å². The molecule has 6 nitrogen and oxygen atoms in total. The van der Waals surface area contributed by atoms with E-state index in [2.05, 4.69) is 15.3 Å². The van der Waals surface area contributed by atoms with Crippen LogP contribution in [0.4, 0.5) is 5.95 Å². The fourth-order valence-corrected chi connectivity index (χ4v) is 3.58. The molecule has 1 aromatic heterocycles. The number of rotatable bonds is 3. The average Bonchev–Trinajstić information content (AvgIpc) is 3.08. The second-order valence-electron chi connectivity index (χ2n) is 6.62. The summed E-state index contributed by atoms with van der Waals surface area (Å²) in [5.74, 6) is 0.668. The average molecular weight is 339 g/mol. The molecule has 1 aromatic carbocycles. The standard InChI is InChI=1S/C19H21N3O3/c1-12-9-20-19(21-16(12)13-5-3-2-4-6-13)22-18(23)17-15-7-8-24-10-14(15)11-25-17/h2-6,9,14-15,17H,7-8,10-11H2,1H3,(H,20,21,22,23)/t14-,15-,17+/m0/s1. The summed E-state index contributed by atoms with van der Waals surface area (Å²) in [6, 6.07) is 9.88. The largest absolute Gasteiger partial charge is 0.381 e. The molecule has 2 aliphatic heterocycles. The van der Waals surface area contributed by atoms with Crippen LogP contribution in [0, 0.1) is 18.8 Å². The van der Waals surface area contributed by atoms with E-state index >= 15 is 0 Å². The van der Waals surface area contributed by atoms with E-state index in [0.717, 1.165) is 23.2 Å². The van der Waals surface area contributed by atoms with Gasteiger partial charge in [0.05, 0.1) is 18.9 Å². The van der Waals surface area contributed by atoms with Crippen LogP contribution in [0.25, 0.3) is 11.3 Å². The molecular weight excluding hydrogens is 318 g/mol. The lowest BCUT2D eigenvalue weighted by molar-refractivity contribution is -0.126. The number of anilines is 1. The molecule has 1 amide bonds. The summed E-state index contributed by atoms with van der Waals surface area (Å²) in [5.41, 5.74) is 2.78. The molecular formula is C19H21N3O3. The Balaban J connectivity index is 1.52. The predicted octanol–water partition coefficient (Wildman–Crippen LogP) is 2.44. The fraction of sp³-hybridized carbons (Fsp3) is 0.421. The van der Waals surface area contributed by atoms with Crippen LogP contribution >= 0.6 is 0 Å². The predicted molar refractivity (Wildman–Crippen MR) is 93.0 cm³/mol. The number of hydrogen-bond donors (Lipinski definition) is 1. The molecule has 130 valence electrons. The van der Waals surface area contributed by atoms with E-state index in [1.165, 1.54) is 0 Å². The highest BCUT2D eigenvalue weighted by molar-refractivity contribution is 5.93. The summed E-state index contributed by atoms with van der Waals surface area (Å²) in [6.45, 7) is 3.90. The molecule has 4 rings (SSSR count). The molecule has 3 atom stereocenters. The number of benzene rings is 1. The summed E-state index contributed by atoms with van der Waals surface area (Å²) in [5, 5.41) is 2.83. The molecule has 3 heterocycles. The minimum absolute atomic E-state index is 0.169. The number of nitrogens with one attached hydrogen (secondary N) is 1. The van der Waals surface area contributed by atoms with Crippen LogP contribution < -0.4 is 5.32 Å². The van der Waals surface area contributed by atoms with E-state index in [1.54, 1.807) is 6.20 Å². The highest BCUT2D eigenvalue weighted by atomic mass is 16.5. The molecule has 2 aromatic rings. The second-order valence-corrected chi connectivity index (χ2v) is 6.62. The third kappa shape index (κ3) is 3.27. The van der Waals surface area contributed by atoms with E-state index in [0.29, 0.717) is 31.7 Å². The van der Waals surface area contributed by atoms with Gasteiger partial charge < -0.3 is 9.47 Å². The molecule has 6 heteroatoms. The van der Waals surface area contributed by atoms with Crippen LogP contribution in [-0.4, -0.2) is 41.8 Å². The van der Waals surface area contributed by atoms with Gasteiger partial charge in [-0.1, -0.05) is 30.3 Å². The number of nitrogens with zero attached hydrogens (tertiary/aromatic N) is 2. The summed E-state index contributed by atoms with van der Waals surface area (Å²) < 4.78 is 11.2. The van der Waals surface area contributed by atoms with E-state index in [4.69, 9.17) is 9.47 Å². The maximum Gasteiger partial charge on any atom is 0.256 e. The molecule has 0 bridgehead atoms. The van der Waals surface area contributed by atoms with Gasteiger partial charge in [-0.05, 0) is 18.9 Å². The first-order valence-corrected chi connectivity index (χ1v) is 8.61. The van der Waals surface area contributed by atoms with Gasteiger partial charge in [0.1, 0.15) is 6.10 Å². The van der Waals surface area contributed by atoms with Crippen molar-refractivity contribution in [2.45, 2.75) is 19.4 Å². The van der Waals surface area contributed by atoms with Crippen molar-refractivity contribution in [1.29, 1.82) is 0 Å². The maximum absolute atomic E-state index is 12.6. The first kappa shape index (κ1) is 16.2. The molecule has 0 aliphatic carbocycles. The van der Waals surface area contributed by atoms with Gasteiger partial charge in [0, 0.05) is 30.2 Å². The molecule has 2 fully saturated rings. The van der Waals surface area contributed by atoms with Crippen LogP contribution in [0.15, 0.2) is 36.5 Å². The van der Waals surface area contributed by atoms with Crippen molar-refractivity contribution in [3.8, 4) is 11.3 Å². The third-order valence-electron chi connectivity index (χ3n) is 4.92. The Morgan fingerprint density at radius 1 is 1.24 bits per heavy atom. The molecule has 2 aliphatic rings. The van der Waals surface area contributed by atoms with Crippen LogP contribution in [0.1, 0.15) is 12.0 Å². The lowest BCUT2D eigenvalue weighted by Gasteiger charge is -2.26. The first-order chi connectivity index (χ1) is 12.2. The van der Waals surface area contributed by atoms with Gasteiger partial charge in [0.25, 0.3) is 5.91 Å². The van der Waals surface area contributed by atoms with E-state index in [1.807, 2.05) is 37.3 Å². The zero-order valence-corrected chi connectivity index (χ0v) is 14.1. The summed E-state index contributed by atoms with van der Waals surface area (Å²) in [4.78, 5) is 21.4. The van der Waals surface area contributed by atoms with Gasteiger partial charge in [-0.2, -0.15) is 0 Å². The number of amides is 1. The highest BCUT2D eigenvalue weighted by Crippen LogP contribution is 2.33. The Morgan fingerprint density at radius 2 is 2.08 bits per heavy atom. The van der Waals surface area contributed by atoms with Gasteiger partial charge in [-0.25, -0.2) is 9.97 Å². The molecule has 25 heavy (non-hydrogen) atoms. The SMILES string of the molecule is Cc1cnc(NC(=O)[C@@H]2OC[C@@H]3COCC[C@@H]32)nc1-c1ccccc1. The normalized spacial score (nSPS) is 25.4. The Morgan fingerprint density at radius 3 is 2.92 bits per heavy atom.